The van der Waals surface area contributed by atoms with Crippen molar-refractivity contribution in [1.29, 1.82) is 0 Å². The molecule has 0 aromatic rings. The van der Waals surface area contributed by atoms with Crippen molar-refractivity contribution in [1.82, 2.24) is 0 Å². The molecule has 0 spiro atoms. The van der Waals surface area contributed by atoms with Crippen LogP contribution in [0.1, 0.15) is 0 Å². The Bertz CT molecular complexity index is 11.6. The van der Waals surface area contributed by atoms with Gasteiger partial charge in [-0.15, -0.1) is 0 Å². The Morgan fingerprint density at radius 2 is 1.00 bits per heavy atom. The van der Waals surface area contributed by atoms with Crippen LogP contribution in [0.4, 0.5) is 0 Å². The summed E-state index contributed by atoms with van der Waals surface area (Å²) in [5.74, 6) is 0. The molecule has 0 aromatic heterocycles. The Labute approximate surface area is 95.1 Å². The van der Waals surface area contributed by atoms with E-state index in [1.807, 2.05) is 0 Å². The molecule has 0 aliphatic heterocycles. The summed E-state index contributed by atoms with van der Waals surface area (Å²) in [5.41, 5.74) is 0. The summed E-state index contributed by atoms with van der Waals surface area (Å²) in [6, 6.07) is 0. The number of rotatable bonds is 0. The van der Waals surface area contributed by atoms with Gasteiger partial charge in [0.1, 0.15) is 0 Å². The molecule has 0 aliphatic carbocycles. The Hall–Kier alpha value is 2.98. The fraction of sp³-hybridized carbons (Fsp3) is 0. The molecule has 0 saturated carbocycles. The first-order valence-electron chi connectivity index (χ1n) is 0. The zero-order valence-corrected chi connectivity index (χ0v) is 10.9. The molecule has 0 saturated heterocycles. The minimum Gasteiger partial charge on any atom is -2.00 e. The molecule has 1 radical (unpaired) electrons. The zero-order chi connectivity index (χ0) is 0. The van der Waals surface area contributed by atoms with Gasteiger partial charge in [0.05, 0.1) is 0 Å². The first kappa shape index (κ1) is 43.8. The molecule has 0 N–H and O–H groups in total. The van der Waals surface area contributed by atoms with Gasteiger partial charge in [0.15, 0.2) is 0 Å². The molecule has 13 valence electrons. The summed E-state index contributed by atoms with van der Waals surface area (Å²) in [4.78, 5) is 0. The van der Waals surface area contributed by atoms with Crippen LogP contribution in [0.5, 0.6) is 0 Å². The number of hydrogen-bond acceptors (Lipinski definition) is 0. The molecule has 0 bridgehead atoms. The van der Waals surface area contributed by atoms with Crippen molar-refractivity contribution in [3.63, 3.8) is 0 Å². The van der Waals surface area contributed by atoms with Gasteiger partial charge in [-0.25, -0.2) is 0 Å². The van der Waals surface area contributed by atoms with Crippen LogP contribution in [0.3, 0.4) is 0 Å². The van der Waals surface area contributed by atoms with E-state index in [1.165, 1.54) is 0 Å². The molecule has 0 fully saturated rings. The van der Waals surface area contributed by atoms with Crippen molar-refractivity contribution >= 4 is 23.9 Å². The molecule has 0 unspecified atom stereocenters. The summed E-state index contributed by atoms with van der Waals surface area (Å²) in [6.07, 6.45) is 0. The second-order valence-electron chi connectivity index (χ2n) is 0. The van der Waals surface area contributed by atoms with E-state index in [4.69, 9.17) is 0 Å². The van der Waals surface area contributed by atoms with E-state index >= 15 is 0 Å². The fourth-order valence-corrected chi connectivity index (χ4v) is 0. The van der Waals surface area contributed by atoms with Crippen molar-refractivity contribution < 1.29 is 72.9 Å². The van der Waals surface area contributed by atoms with Gasteiger partial charge in [-0.3, -0.25) is 0 Å². The number of hydrogen-bond donors (Lipinski definition) is 0. The molecule has 0 rings (SSSR count). The first-order chi connectivity index (χ1) is 0. The average Bonchev–Trinajstić information content (AvgIpc) is 0. The third kappa shape index (κ3) is 19.5. The molecule has 0 aliphatic rings. The molecule has 1 nitrogen and oxygen atoms in total. The van der Waals surface area contributed by atoms with Crippen molar-refractivity contribution in [2.24, 2.45) is 0 Å². The van der Waals surface area contributed by atoms with Gasteiger partial charge < -0.3 is 5.48 Å². The zero-order valence-electron chi connectivity index (χ0n) is 2.26. The molecular formula is ORuSnTiZr+13. The van der Waals surface area contributed by atoms with Gasteiger partial charge in [0.25, 0.3) is 0 Å². The molecule has 0 atom stereocenters. The van der Waals surface area contributed by atoms with E-state index < -0.39 is 0 Å². The molecular weight excluding hydrogens is 375 g/mol. The Morgan fingerprint density at radius 3 is 1.00 bits per heavy atom. The maximum absolute atomic E-state index is 0. The summed E-state index contributed by atoms with van der Waals surface area (Å²) in [5, 5.41) is 0. The third-order valence-corrected chi connectivity index (χ3v) is 0. The predicted molar refractivity (Wildman–Crippen MR) is 6.44 cm³/mol. The van der Waals surface area contributed by atoms with Gasteiger partial charge in [-0.2, -0.15) is 0 Å². The second kappa shape index (κ2) is 28.1. The van der Waals surface area contributed by atoms with E-state index in [9.17, 15) is 0 Å². The van der Waals surface area contributed by atoms with E-state index in [2.05, 4.69) is 0 Å². The van der Waals surface area contributed by atoms with Gasteiger partial charge in [0, 0.05) is 0 Å². The fourth-order valence-electron chi connectivity index (χ4n) is 0. The van der Waals surface area contributed by atoms with Crippen LogP contribution in [0.15, 0.2) is 0 Å². The topological polar surface area (TPSA) is 28.5 Å². The maximum atomic E-state index is 0. The van der Waals surface area contributed by atoms with Crippen LogP contribution in [-0.4, -0.2) is 23.9 Å². The summed E-state index contributed by atoms with van der Waals surface area (Å²) in [7, 11) is 0. The van der Waals surface area contributed by atoms with Gasteiger partial charge >= 0.3 is 91.3 Å². The summed E-state index contributed by atoms with van der Waals surface area (Å²) >= 11 is 0. The quantitative estimate of drug-likeness (QED) is 0.511. The van der Waals surface area contributed by atoms with Crippen LogP contribution >= 0.6 is 0 Å². The summed E-state index contributed by atoms with van der Waals surface area (Å²) in [6.45, 7) is 0. The van der Waals surface area contributed by atoms with Crippen LogP contribution in [0.2, 0.25) is 0 Å². The van der Waals surface area contributed by atoms with Crippen LogP contribution in [-0.2, 0) is 72.9 Å². The minimum absolute atomic E-state index is 0. The molecule has 0 aromatic carbocycles. The van der Waals surface area contributed by atoms with Crippen LogP contribution in [0.25, 0.3) is 0 Å². The standard InChI is InChI=1S/O.Ru.Sn.Ti.Zr/q-2;+3;3*+4. The van der Waals surface area contributed by atoms with Crippen molar-refractivity contribution in [3.8, 4) is 0 Å². The smallest absolute Gasteiger partial charge is 2.00 e. The van der Waals surface area contributed by atoms with E-state index in [-0.39, 0.29) is 96.8 Å². The maximum Gasteiger partial charge on any atom is 4.00 e. The minimum atomic E-state index is 0. The van der Waals surface area contributed by atoms with Crippen molar-refractivity contribution in [2.75, 3.05) is 0 Å². The van der Waals surface area contributed by atoms with Gasteiger partial charge in [0.2, 0.25) is 0 Å². The summed E-state index contributed by atoms with van der Waals surface area (Å²) < 4.78 is 0. The van der Waals surface area contributed by atoms with Crippen LogP contribution in [0, 0.1) is 0 Å². The van der Waals surface area contributed by atoms with Crippen molar-refractivity contribution in [3.05, 3.63) is 0 Å². The largest absolute Gasteiger partial charge is 4.00 e. The Morgan fingerprint density at radius 1 is 1.00 bits per heavy atom. The molecule has 0 heterocycles. The molecule has 5 heteroatoms. The Balaban J connectivity index is 0. The SMILES string of the molecule is [O-2].[Ru+3].[Sn+4].[Ti+4].[Zr+4]. The van der Waals surface area contributed by atoms with E-state index in [0.717, 1.165) is 0 Å². The normalized spacial score (nSPS) is 0. The first-order valence-corrected chi connectivity index (χ1v) is 0. The van der Waals surface area contributed by atoms with E-state index in [0.29, 0.717) is 0 Å². The average molecular weight is 375 g/mol. The van der Waals surface area contributed by atoms with E-state index in [1.54, 1.807) is 0 Å². The van der Waals surface area contributed by atoms with Gasteiger partial charge in [-0.1, -0.05) is 0 Å². The predicted octanol–water partition coefficient (Wildman–Crippen LogP) is -0.507. The third-order valence-electron chi connectivity index (χ3n) is 0. The van der Waals surface area contributed by atoms with Gasteiger partial charge in [-0.05, 0) is 0 Å². The molecule has 0 amide bonds. The monoisotopic (exact) mass is 376 g/mol. The Kier molecular flexibility index (Phi) is 246. The molecule has 5 heavy (non-hydrogen) atoms. The van der Waals surface area contributed by atoms with Crippen molar-refractivity contribution in [2.45, 2.75) is 0 Å². The van der Waals surface area contributed by atoms with Crippen LogP contribution < -0.4 is 0 Å². The second-order valence-corrected chi connectivity index (χ2v) is 0.